The molecule has 1 aromatic rings. The Hall–Kier alpha value is -1.09. The van der Waals surface area contributed by atoms with E-state index in [4.69, 9.17) is 10.5 Å². The van der Waals surface area contributed by atoms with E-state index in [-0.39, 0.29) is 11.7 Å². The van der Waals surface area contributed by atoms with Gasteiger partial charge in [0.2, 0.25) is 0 Å². The highest BCUT2D eigenvalue weighted by Gasteiger charge is 2.24. The van der Waals surface area contributed by atoms with E-state index in [9.17, 15) is 4.39 Å². The first-order chi connectivity index (χ1) is 6.86. The van der Waals surface area contributed by atoms with E-state index in [0.29, 0.717) is 11.3 Å². The Kier molecular flexibility index (Phi) is 3.35. The standard InChI is InChI=1S/C12H18FNO/c1-8(12(2,3)14)10-6-5-9(15-4)7-11(10)13/h5-8H,14H2,1-4H3. The summed E-state index contributed by atoms with van der Waals surface area (Å²) in [4.78, 5) is 0. The predicted molar refractivity (Wildman–Crippen MR) is 59.6 cm³/mol. The van der Waals surface area contributed by atoms with Gasteiger partial charge < -0.3 is 10.5 Å². The lowest BCUT2D eigenvalue weighted by Gasteiger charge is -2.27. The summed E-state index contributed by atoms with van der Waals surface area (Å²) >= 11 is 0. The van der Waals surface area contributed by atoms with Crippen LogP contribution in [-0.4, -0.2) is 12.6 Å². The van der Waals surface area contributed by atoms with Crippen molar-refractivity contribution in [1.29, 1.82) is 0 Å². The van der Waals surface area contributed by atoms with Gasteiger partial charge in [0.1, 0.15) is 11.6 Å². The van der Waals surface area contributed by atoms with Crippen molar-refractivity contribution in [2.24, 2.45) is 5.73 Å². The molecule has 1 unspecified atom stereocenters. The average Bonchev–Trinajstić information content (AvgIpc) is 2.15. The lowest BCUT2D eigenvalue weighted by Crippen LogP contribution is -2.38. The first-order valence-electron chi connectivity index (χ1n) is 4.98. The Morgan fingerprint density at radius 2 is 2.00 bits per heavy atom. The zero-order chi connectivity index (χ0) is 11.6. The summed E-state index contributed by atoms with van der Waals surface area (Å²) in [6.07, 6.45) is 0. The van der Waals surface area contributed by atoms with Crippen molar-refractivity contribution < 1.29 is 9.13 Å². The van der Waals surface area contributed by atoms with Crippen LogP contribution >= 0.6 is 0 Å². The number of ether oxygens (including phenoxy) is 1. The maximum atomic E-state index is 13.7. The van der Waals surface area contributed by atoms with Crippen LogP contribution < -0.4 is 10.5 Å². The molecule has 0 spiro atoms. The smallest absolute Gasteiger partial charge is 0.130 e. The summed E-state index contributed by atoms with van der Waals surface area (Å²) in [6.45, 7) is 5.70. The largest absolute Gasteiger partial charge is 0.497 e. The van der Waals surface area contributed by atoms with Crippen molar-refractivity contribution in [3.05, 3.63) is 29.6 Å². The van der Waals surface area contributed by atoms with Crippen molar-refractivity contribution in [2.45, 2.75) is 32.2 Å². The number of hydrogen-bond donors (Lipinski definition) is 1. The van der Waals surface area contributed by atoms with Gasteiger partial charge in [-0.1, -0.05) is 13.0 Å². The number of benzene rings is 1. The van der Waals surface area contributed by atoms with E-state index in [0.717, 1.165) is 0 Å². The summed E-state index contributed by atoms with van der Waals surface area (Å²) in [6, 6.07) is 4.87. The lowest BCUT2D eigenvalue weighted by atomic mass is 9.84. The highest BCUT2D eigenvalue weighted by Crippen LogP contribution is 2.29. The molecule has 0 aliphatic heterocycles. The highest BCUT2D eigenvalue weighted by atomic mass is 19.1. The topological polar surface area (TPSA) is 35.2 Å². The molecule has 2 N–H and O–H groups in total. The minimum Gasteiger partial charge on any atom is -0.497 e. The molecule has 0 amide bonds. The molecule has 0 aromatic heterocycles. The van der Waals surface area contributed by atoms with Crippen molar-refractivity contribution in [1.82, 2.24) is 0 Å². The van der Waals surface area contributed by atoms with E-state index < -0.39 is 5.54 Å². The number of halogens is 1. The fourth-order valence-electron chi connectivity index (χ4n) is 1.39. The normalized spacial score (nSPS) is 13.7. The molecular formula is C12H18FNO. The third kappa shape index (κ3) is 2.69. The Morgan fingerprint density at radius 3 is 2.40 bits per heavy atom. The number of hydrogen-bond acceptors (Lipinski definition) is 2. The molecule has 0 bridgehead atoms. The Morgan fingerprint density at radius 1 is 1.40 bits per heavy atom. The second-order valence-electron chi connectivity index (χ2n) is 4.43. The van der Waals surface area contributed by atoms with E-state index in [1.807, 2.05) is 20.8 Å². The van der Waals surface area contributed by atoms with Crippen LogP contribution in [0, 0.1) is 5.82 Å². The summed E-state index contributed by atoms with van der Waals surface area (Å²) in [5.74, 6) is 0.224. The molecule has 1 aromatic carbocycles. The van der Waals surface area contributed by atoms with E-state index >= 15 is 0 Å². The molecule has 1 atom stereocenters. The van der Waals surface area contributed by atoms with Gasteiger partial charge in [0.15, 0.2) is 0 Å². The Balaban J connectivity index is 3.06. The van der Waals surface area contributed by atoms with Gasteiger partial charge in [0, 0.05) is 17.5 Å². The summed E-state index contributed by atoms with van der Waals surface area (Å²) in [5, 5.41) is 0. The monoisotopic (exact) mass is 211 g/mol. The third-order valence-corrected chi connectivity index (χ3v) is 2.79. The second-order valence-corrected chi connectivity index (χ2v) is 4.43. The van der Waals surface area contributed by atoms with Crippen LogP contribution in [0.15, 0.2) is 18.2 Å². The predicted octanol–water partition coefficient (Wildman–Crippen LogP) is 2.68. The molecule has 84 valence electrons. The molecular weight excluding hydrogens is 193 g/mol. The fraction of sp³-hybridized carbons (Fsp3) is 0.500. The van der Waals surface area contributed by atoms with Crippen LogP contribution in [0.3, 0.4) is 0 Å². The van der Waals surface area contributed by atoms with E-state index in [1.165, 1.54) is 13.2 Å². The Bertz CT molecular complexity index is 344. The van der Waals surface area contributed by atoms with Crippen molar-refractivity contribution in [2.75, 3.05) is 7.11 Å². The molecule has 15 heavy (non-hydrogen) atoms. The first kappa shape index (κ1) is 12.0. The average molecular weight is 211 g/mol. The van der Waals surface area contributed by atoms with Gasteiger partial charge in [-0.15, -0.1) is 0 Å². The van der Waals surface area contributed by atoms with Crippen LogP contribution in [0.4, 0.5) is 4.39 Å². The zero-order valence-electron chi connectivity index (χ0n) is 9.67. The van der Waals surface area contributed by atoms with Crippen LogP contribution in [0.25, 0.3) is 0 Å². The van der Waals surface area contributed by atoms with Crippen LogP contribution in [0.2, 0.25) is 0 Å². The van der Waals surface area contributed by atoms with Crippen molar-refractivity contribution in [3.63, 3.8) is 0 Å². The molecule has 3 heteroatoms. The molecule has 0 fully saturated rings. The van der Waals surface area contributed by atoms with Gasteiger partial charge in [0.05, 0.1) is 7.11 Å². The fourth-order valence-corrected chi connectivity index (χ4v) is 1.39. The van der Waals surface area contributed by atoms with Crippen LogP contribution in [0.5, 0.6) is 5.75 Å². The molecule has 0 heterocycles. The highest BCUT2D eigenvalue weighted by molar-refractivity contribution is 5.32. The zero-order valence-corrected chi connectivity index (χ0v) is 9.67. The van der Waals surface area contributed by atoms with E-state index in [1.54, 1.807) is 12.1 Å². The minimum absolute atomic E-state index is 0.0385. The lowest BCUT2D eigenvalue weighted by molar-refractivity contribution is 0.402. The molecule has 0 saturated carbocycles. The van der Waals surface area contributed by atoms with Gasteiger partial charge in [-0.25, -0.2) is 4.39 Å². The quantitative estimate of drug-likeness (QED) is 0.834. The molecule has 0 aliphatic rings. The number of rotatable bonds is 3. The summed E-state index contributed by atoms with van der Waals surface area (Å²) < 4.78 is 18.6. The van der Waals surface area contributed by atoms with Crippen molar-refractivity contribution in [3.8, 4) is 5.75 Å². The van der Waals surface area contributed by atoms with Gasteiger partial charge in [-0.2, -0.15) is 0 Å². The maximum Gasteiger partial charge on any atom is 0.130 e. The molecule has 2 nitrogen and oxygen atoms in total. The van der Waals surface area contributed by atoms with Gasteiger partial charge >= 0.3 is 0 Å². The van der Waals surface area contributed by atoms with Gasteiger partial charge in [-0.05, 0) is 25.5 Å². The van der Waals surface area contributed by atoms with Crippen LogP contribution in [0.1, 0.15) is 32.3 Å². The number of nitrogens with two attached hydrogens (primary N) is 1. The van der Waals surface area contributed by atoms with Gasteiger partial charge in [-0.3, -0.25) is 0 Å². The van der Waals surface area contributed by atoms with Crippen LogP contribution in [-0.2, 0) is 0 Å². The number of methoxy groups -OCH3 is 1. The molecule has 0 aliphatic carbocycles. The maximum absolute atomic E-state index is 13.7. The first-order valence-corrected chi connectivity index (χ1v) is 4.98. The third-order valence-electron chi connectivity index (χ3n) is 2.79. The summed E-state index contributed by atoms with van der Waals surface area (Å²) in [7, 11) is 1.52. The second kappa shape index (κ2) is 4.19. The van der Waals surface area contributed by atoms with Gasteiger partial charge in [0.25, 0.3) is 0 Å². The SMILES string of the molecule is COc1ccc(C(C)C(C)(C)N)c(F)c1. The molecule has 0 radical (unpaired) electrons. The summed E-state index contributed by atoms with van der Waals surface area (Å²) in [5.41, 5.74) is 6.15. The van der Waals surface area contributed by atoms with E-state index in [2.05, 4.69) is 0 Å². The molecule has 1 rings (SSSR count). The Labute approximate surface area is 90.2 Å². The van der Waals surface area contributed by atoms with Crippen molar-refractivity contribution >= 4 is 0 Å². The molecule has 0 saturated heterocycles. The minimum atomic E-state index is -0.435.